The van der Waals surface area contributed by atoms with Crippen molar-refractivity contribution >= 4 is 12.2 Å². The maximum atomic E-state index is 10.4. The summed E-state index contributed by atoms with van der Waals surface area (Å²) in [5.74, 6) is 4.71. The van der Waals surface area contributed by atoms with E-state index in [2.05, 4.69) is 4.74 Å². The van der Waals surface area contributed by atoms with Gasteiger partial charge in [0.05, 0.1) is 6.61 Å². The fraction of sp³-hybridized carbons (Fsp3) is 0.500. The van der Waals surface area contributed by atoms with E-state index in [4.69, 9.17) is 10.9 Å². The second-order valence-electron chi connectivity index (χ2n) is 1.35. The number of rotatable bonds is 1. The van der Waals surface area contributed by atoms with Crippen molar-refractivity contribution in [2.75, 3.05) is 6.61 Å². The van der Waals surface area contributed by atoms with E-state index in [-0.39, 0.29) is 11.6 Å². The van der Waals surface area contributed by atoms with Crippen molar-refractivity contribution in [3.63, 3.8) is 0 Å². The van der Waals surface area contributed by atoms with Crippen LogP contribution in [0.5, 0.6) is 0 Å². The van der Waals surface area contributed by atoms with Crippen molar-refractivity contribution in [2.24, 2.45) is 5.84 Å². The molecule has 58 valence electrons. The van der Waals surface area contributed by atoms with Crippen LogP contribution in [0.15, 0.2) is 0 Å². The average Bonchev–Trinajstić information content (AvgIpc) is 1.87. The molecule has 6 nitrogen and oxygen atoms in total. The summed E-state index contributed by atoms with van der Waals surface area (Å²) in [4.78, 5) is 20.3. The van der Waals surface area contributed by atoms with Crippen molar-refractivity contribution in [3.05, 3.63) is 0 Å². The van der Waals surface area contributed by atoms with Gasteiger partial charge in [-0.3, -0.25) is 0 Å². The van der Waals surface area contributed by atoms with Crippen LogP contribution in [0, 0.1) is 0 Å². The molecule has 0 aliphatic rings. The van der Waals surface area contributed by atoms with E-state index < -0.39 is 12.2 Å². The minimum Gasteiger partial charge on any atom is -0.464 e. The van der Waals surface area contributed by atoms with Crippen LogP contribution < -0.4 is 5.84 Å². The molecular formula is C4H8N2O4. The molecule has 2 amide bonds. The largest absolute Gasteiger partial charge is 0.464 e. The SMILES string of the molecule is CCOC(=O)N(N)C(=O)O. The standard InChI is InChI=1S/C4H8N2O4/c1-2-10-4(9)6(5)3(7)8/h2,5H2,1H3,(H,7,8). The number of hydrogen-bond donors (Lipinski definition) is 2. The Kier molecular flexibility index (Phi) is 3.20. The normalized spacial score (nSPS) is 8.60. The summed E-state index contributed by atoms with van der Waals surface area (Å²) < 4.78 is 4.25. The Morgan fingerprint density at radius 2 is 2.20 bits per heavy atom. The van der Waals surface area contributed by atoms with Gasteiger partial charge in [-0.2, -0.15) is 0 Å². The second kappa shape index (κ2) is 3.67. The molecule has 0 rings (SSSR count). The monoisotopic (exact) mass is 148 g/mol. The molecule has 0 aromatic carbocycles. The predicted octanol–water partition coefficient (Wildman–Crippen LogP) is -0.00340. The molecule has 0 aromatic heterocycles. The molecule has 6 heteroatoms. The molecule has 0 bridgehead atoms. The lowest BCUT2D eigenvalue weighted by Gasteiger charge is -2.08. The van der Waals surface area contributed by atoms with E-state index in [1.807, 2.05) is 0 Å². The third kappa shape index (κ3) is 2.31. The molecule has 0 heterocycles. The lowest BCUT2D eigenvalue weighted by molar-refractivity contribution is 0.0981. The Morgan fingerprint density at radius 1 is 1.70 bits per heavy atom. The molecule has 10 heavy (non-hydrogen) atoms. The lowest BCUT2D eigenvalue weighted by Crippen LogP contribution is -2.41. The summed E-state index contributed by atoms with van der Waals surface area (Å²) in [5, 5.41) is 8.05. The predicted molar refractivity (Wildman–Crippen MR) is 31.1 cm³/mol. The second-order valence-corrected chi connectivity index (χ2v) is 1.35. The van der Waals surface area contributed by atoms with Crippen molar-refractivity contribution in [2.45, 2.75) is 6.92 Å². The zero-order valence-corrected chi connectivity index (χ0v) is 5.40. The van der Waals surface area contributed by atoms with Gasteiger partial charge < -0.3 is 9.84 Å². The Bertz CT molecular complexity index is 146. The maximum absolute atomic E-state index is 10.4. The fourth-order valence-corrected chi connectivity index (χ4v) is 0.271. The van der Waals surface area contributed by atoms with Crippen LogP contribution in [0.3, 0.4) is 0 Å². The molecule has 0 aliphatic heterocycles. The number of imide groups is 1. The van der Waals surface area contributed by atoms with Gasteiger partial charge in [0, 0.05) is 0 Å². The highest BCUT2D eigenvalue weighted by Crippen LogP contribution is 1.86. The highest BCUT2D eigenvalue weighted by molar-refractivity contribution is 5.85. The molecule has 0 aliphatic carbocycles. The summed E-state index contributed by atoms with van der Waals surface area (Å²) in [5.41, 5.74) is 0. The van der Waals surface area contributed by atoms with Crippen LogP contribution in [0.25, 0.3) is 0 Å². The molecule has 0 atom stereocenters. The van der Waals surface area contributed by atoms with Crippen molar-refractivity contribution in [1.29, 1.82) is 0 Å². The van der Waals surface area contributed by atoms with E-state index in [1.165, 1.54) is 0 Å². The van der Waals surface area contributed by atoms with Gasteiger partial charge in [0.2, 0.25) is 0 Å². The highest BCUT2D eigenvalue weighted by atomic mass is 16.6. The summed E-state index contributed by atoms with van der Waals surface area (Å²) in [6, 6.07) is 0. The molecule has 0 fully saturated rings. The Balaban J connectivity index is 3.82. The minimum atomic E-state index is -1.54. The van der Waals surface area contributed by atoms with Gasteiger partial charge in [0.1, 0.15) is 0 Å². The molecule has 0 saturated heterocycles. The van der Waals surface area contributed by atoms with Crippen molar-refractivity contribution in [1.82, 2.24) is 5.01 Å². The average molecular weight is 148 g/mol. The number of carboxylic acid groups (broad SMARTS) is 1. The third-order valence-corrected chi connectivity index (χ3v) is 0.671. The van der Waals surface area contributed by atoms with Crippen LogP contribution in [-0.4, -0.2) is 28.9 Å². The smallest absolute Gasteiger partial charge is 0.434 e. The van der Waals surface area contributed by atoms with E-state index in [9.17, 15) is 9.59 Å². The summed E-state index contributed by atoms with van der Waals surface area (Å²) in [6.45, 7) is 1.65. The van der Waals surface area contributed by atoms with Gasteiger partial charge in [-0.1, -0.05) is 0 Å². The quantitative estimate of drug-likeness (QED) is 0.310. The third-order valence-electron chi connectivity index (χ3n) is 0.671. The zero-order valence-electron chi connectivity index (χ0n) is 5.40. The van der Waals surface area contributed by atoms with Crippen LogP contribution in [0.1, 0.15) is 6.92 Å². The zero-order chi connectivity index (χ0) is 8.15. The van der Waals surface area contributed by atoms with Gasteiger partial charge in [-0.25, -0.2) is 15.4 Å². The van der Waals surface area contributed by atoms with Crippen molar-refractivity contribution < 1.29 is 19.4 Å². The van der Waals surface area contributed by atoms with Gasteiger partial charge in [0.25, 0.3) is 0 Å². The molecule has 0 saturated carbocycles. The minimum absolute atomic E-state index is 0.0243. The van der Waals surface area contributed by atoms with Crippen LogP contribution in [0.4, 0.5) is 9.59 Å². The maximum Gasteiger partial charge on any atom is 0.434 e. The number of carbonyl (C=O) groups is 2. The van der Waals surface area contributed by atoms with Crippen LogP contribution in [-0.2, 0) is 4.74 Å². The van der Waals surface area contributed by atoms with E-state index in [1.54, 1.807) is 6.92 Å². The molecule has 0 radical (unpaired) electrons. The van der Waals surface area contributed by atoms with E-state index in [0.717, 1.165) is 0 Å². The summed E-state index contributed by atoms with van der Waals surface area (Å²) >= 11 is 0. The molecule has 0 unspecified atom stereocenters. The first-order valence-corrected chi connectivity index (χ1v) is 2.54. The molecule has 3 N–H and O–H groups in total. The molecule has 0 spiro atoms. The number of hydrazine groups is 1. The van der Waals surface area contributed by atoms with Gasteiger partial charge in [0.15, 0.2) is 0 Å². The summed E-state index contributed by atoms with van der Waals surface area (Å²) in [7, 11) is 0. The molecule has 0 aromatic rings. The first-order chi connectivity index (χ1) is 4.59. The Morgan fingerprint density at radius 3 is 2.50 bits per heavy atom. The van der Waals surface area contributed by atoms with Crippen molar-refractivity contribution in [3.8, 4) is 0 Å². The highest BCUT2D eigenvalue weighted by Gasteiger charge is 2.16. The number of hydrogen-bond acceptors (Lipinski definition) is 4. The summed E-state index contributed by atoms with van der Waals surface area (Å²) in [6.07, 6.45) is -2.62. The van der Waals surface area contributed by atoms with Crippen LogP contribution >= 0.6 is 0 Å². The molecular weight excluding hydrogens is 140 g/mol. The van der Waals surface area contributed by atoms with Gasteiger partial charge in [-0.15, -0.1) is 5.01 Å². The number of nitrogens with zero attached hydrogens (tertiary/aromatic N) is 1. The van der Waals surface area contributed by atoms with Crippen LogP contribution in [0.2, 0.25) is 0 Å². The number of carbonyl (C=O) groups excluding carboxylic acids is 1. The van der Waals surface area contributed by atoms with E-state index >= 15 is 0 Å². The van der Waals surface area contributed by atoms with Gasteiger partial charge >= 0.3 is 12.2 Å². The number of ether oxygens (including phenoxy) is 1. The topological polar surface area (TPSA) is 92.9 Å². The Hall–Kier alpha value is -1.30. The number of nitrogens with two attached hydrogens (primary N) is 1. The number of amides is 2. The lowest BCUT2D eigenvalue weighted by atomic mass is 10.8. The Labute approximate surface area is 57.1 Å². The first kappa shape index (κ1) is 8.70. The van der Waals surface area contributed by atoms with Gasteiger partial charge in [-0.05, 0) is 6.92 Å². The first-order valence-electron chi connectivity index (χ1n) is 2.54. The fourth-order valence-electron chi connectivity index (χ4n) is 0.271. The van der Waals surface area contributed by atoms with E-state index in [0.29, 0.717) is 0 Å².